The van der Waals surface area contributed by atoms with Gasteiger partial charge >= 0.3 is 6.03 Å². The van der Waals surface area contributed by atoms with Crippen LogP contribution in [0.4, 0.5) is 4.79 Å². The average Bonchev–Trinajstić information content (AvgIpc) is 3.52. The number of amides is 8. The molecule has 6 atom stereocenters. The van der Waals surface area contributed by atoms with Crippen LogP contribution >= 0.6 is 0 Å². The van der Waals surface area contributed by atoms with Gasteiger partial charge in [0.25, 0.3) is 0 Å². The number of carbonyl (C=O) groups is 7. The maximum absolute atomic E-state index is 13.9. The van der Waals surface area contributed by atoms with E-state index in [9.17, 15) is 38.7 Å². The van der Waals surface area contributed by atoms with E-state index < -0.39 is 72.4 Å². The summed E-state index contributed by atoms with van der Waals surface area (Å²) in [5, 5.41) is 24.1. The Labute approximate surface area is 298 Å². The van der Waals surface area contributed by atoms with Crippen molar-refractivity contribution in [2.75, 3.05) is 40.3 Å². The van der Waals surface area contributed by atoms with Crippen molar-refractivity contribution >= 4 is 41.5 Å². The number of fused-ring (bicyclic) bond motifs is 1. The molecule has 0 aromatic heterocycles. The second kappa shape index (κ2) is 17.5. The Morgan fingerprint density at radius 1 is 0.922 bits per heavy atom. The van der Waals surface area contributed by atoms with Crippen LogP contribution in [0.2, 0.25) is 0 Å². The van der Waals surface area contributed by atoms with Crippen LogP contribution in [0, 0.1) is 11.8 Å². The molecule has 6 N–H and O–H groups in total. The number of rotatable bonds is 6. The van der Waals surface area contributed by atoms with Gasteiger partial charge in [0.15, 0.2) is 0 Å². The molecule has 280 valence electrons. The number of nitrogens with zero attached hydrogens (tertiary/aromatic N) is 3. The van der Waals surface area contributed by atoms with Gasteiger partial charge in [0.05, 0.1) is 19.1 Å². The van der Waals surface area contributed by atoms with E-state index in [-0.39, 0.29) is 49.6 Å². The average molecular weight is 713 g/mol. The number of aliphatic hydroxyl groups is 1. The van der Waals surface area contributed by atoms with Gasteiger partial charge in [-0.15, -0.1) is 0 Å². The largest absolute Gasteiger partial charge is 0.394 e. The molecule has 3 saturated heterocycles. The molecule has 0 saturated carbocycles. The maximum atomic E-state index is 13.9. The van der Waals surface area contributed by atoms with Crippen molar-refractivity contribution in [2.45, 2.75) is 89.1 Å². The topological polar surface area (TPSA) is 210 Å². The lowest BCUT2D eigenvalue weighted by Crippen LogP contribution is -2.59. The molecule has 16 nitrogen and oxygen atoms in total. The maximum Gasteiger partial charge on any atom is 0.319 e. The quantitative estimate of drug-likeness (QED) is 0.220. The first-order valence-corrected chi connectivity index (χ1v) is 17.6. The Morgan fingerprint density at radius 3 is 2.20 bits per heavy atom. The van der Waals surface area contributed by atoms with Crippen LogP contribution in [0.15, 0.2) is 30.3 Å². The van der Waals surface area contributed by atoms with E-state index in [2.05, 4.69) is 26.6 Å². The minimum Gasteiger partial charge on any atom is -0.394 e. The van der Waals surface area contributed by atoms with Gasteiger partial charge in [-0.2, -0.15) is 0 Å². The molecular weight excluding hydrogens is 660 g/mol. The smallest absolute Gasteiger partial charge is 0.319 e. The Hall–Kier alpha value is -4.73. The van der Waals surface area contributed by atoms with Crippen molar-refractivity contribution in [3.63, 3.8) is 0 Å². The molecule has 8 amide bonds. The number of hydrogen-bond acceptors (Lipinski definition) is 8. The summed E-state index contributed by atoms with van der Waals surface area (Å²) >= 11 is 0. The molecule has 3 heterocycles. The van der Waals surface area contributed by atoms with Gasteiger partial charge in [-0.1, -0.05) is 44.2 Å². The summed E-state index contributed by atoms with van der Waals surface area (Å²) in [5.74, 6) is -3.84. The minimum atomic E-state index is -1.45. The Kier molecular flexibility index (Phi) is 13.4. The van der Waals surface area contributed by atoms with E-state index in [4.69, 9.17) is 0 Å². The Morgan fingerprint density at radius 2 is 1.59 bits per heavy atom. The van der Waals surface area contributed by atoms with E-state index >= 15 is 0 Å². The Bertz CT molecular complexity index is 1450. The highest BCUT2D eigenvalue weighted by molar-refractivity contribution is 5.96. The standard InChI is InChI=1S/C35H52N8O8/c1-20(2)15-26-32(48)40-27(19-44)34(50)43-18-24(37-31(47)23-11-13-42(14-12-23)35(51)41(4)5)16-28(43)33(49)36-21(3)30(46)39-25(17-29(45)38-26)22-9-7-6-8-10-22/h6-10,20-21,23-28,44H,11-19H2,1-5H3,(H,36,49)(H,37,47)(H,38,45)(H,39,46)(H,40,48)/t21-,24-,25-,26-,27-,28-/m0/s1. The summed E-state index contributed by atoms with van der Waals surface area (Å²) in [4.78, 5) is 98.1. The van der Waals surface area contributed by atoms with Crippen molar-refractivity contribution in [2.24, 2.45) is 11.8 Å². The monoisotopic (exact) mass is 712 g/mol. The Balaban J connectivity index is 1.58. The van der Waals surface area contributed by atoms with Gasteiger partial charge in [0.1, 0.15) is 24.2 Å². The number of carbonyl (C=O) groups excluding carboxylic acids is 7. The van der Waals surface area contributed by atoms with E-state index in [1.807, 2.05) is 13.8 Å². The number of nitrogens with one attached hydrogen (secondary N) is 5. The molecule has 3 aliphatic heterocycles. The number of benzene rings is 1. The predicted molar refractivity (Wildman–Crippen MR) is 185 cm³/mol. The molecule has 1 aromatic rings. The number of piperidine rings is 1. The van der Waals surface area contributed by atoms with Gasteiger partial charge in [-0.3, -0.25) is 28.8 Å². The van der Waals surface area contributed by atoms with Gasteiger partial charge in [-0.25, -0.2) is 4.79 Å². The van der Waals surface area contributed by atoms with Gasteiger partial charge in [-0.05, 0) is 44.1 Å². The van der Waals surface area contributed by atoms with E-state index in [1.165, 1.54) is 16.7 Å². The number of urea groups is 1. The summed E-state index contributed by atoms with van der Waals surface area (Å²) in [6, 6.07) is 2.59. The number of likely N-dealkylation sites (tertiary alicyclic amines) is 1. The van der Waals surface area contributed by atoms with Crippen LogP contribution in [-0.4, -0.2) is 132 Å². The summed E-state index contributed by atoms with van der Waals surface area (Å²) < 4.78 is 0. The molecule has 0 unspecified atom stereocenters. The summed E-state index contributed by atoms with van der Waals surface area (Å²) in [6.45, 7) is 5.19. The molecule has 16 heteroatoms. The summed E-state index contributed by atoms with van der Waals surface area (Å²) in [5.41, 5.74) is 0.645. The molecule has 1 aromatic carbocycles. The van der Waals surface area contributed by atoms with E-state index in [0.29, 0.717) is 31.5 Å². The molecule has 0 aliphatic carbocycles. The van der Waals surface area contributed by atoms with E-state index in [0.717, 1.165) is 0 Å². The summed E-state index contributed by atoms with van der Waals surface area (Å²) in [6.07, 6.45) is 0.959. The highest BCUT2D eigenvalue weighted by Gasteiger charge is 2.44. The fourth-order valence-corrected chi connectivity index (χ4v) is 6.78. The normalized spacial score (nSPS) is 27.2. The molecule has 51 heavy (non-hydrogen) atoms. The second-order valence-corrected chi connectivity index (χ2v) is 14.3. The van der Waals surface area contributed by atoms with Crippen molar-refractivity contribution in [1.29, 1.82) is 0 Å². The number of aliphatic hydroxyl groups excluding tert-OH is 1. The van der Waals surface area contributed by atoms with Crippen molar-refractivity contribution in [3.05, 3.63) is 35.9 Å². The zero-order valence-electron chi connectivity index (χ0n) is 30.0. The van der Waals surface area contributed by atoms with Gasteiger partial charge in [0, 0.05) is 45.7 Å². The minimum absolute atomic E-state index is 0.0282. The van der Waals surface area contributed by atoms with Gasteiger partial charge < -0.3 is 46.4 Å². The fourth-order valence-electron chi connectivity index (χ4n) is 6.78. The molecule has 0 radical (unpaired) electrons. The third-order valence-electron chi connectivity index (χ3n) is 9.57. The van der Waals surface area contributed by atoms with Crippen LogP contribution in [0.3, 0.4) is 0 Å². The highest BCUT2D eigenvalue weighted by atomic mass is 16.3. The lowest BCUT2D eigenvalue weighted by molar-refractivity contribution is -0.143. The van der Waals surface area contributed by atoms with Crippen LogP contribution in [0.25, 0.3) is 0 Å². The highest BCUT2D eigenvalue weighted by Crippen LogP contribution is 2.24. The first-order chi connectivity index (χ1) is 24.2. The molecule has 4 rings (SSSR count). The molecule has 0 spiro atoms. The first-order valence-electron chi connectivity index (χ1n) is 17.6. The zero-order chi connectivity index (χ0) is 37.4. The zero-order valence-corrected chi connectivity index (χ0v) is 30.0. The van der Waals surface area contributed by atoms with Crippen LogP contribution in [0.5, 0.6) is 0 Å². The van der Waals surface area contributed by atoms with Crippen molar-refractivity contribution in [3.8, 4) is 0 Å². The van der Waals surface area contributed by atoms with Crippen LogP contribution in [0.1, 0.15) is 64.5 Å². The fraction of sp³-hybridized carbons (Fsp3) is 0.629. The first kappa shape index (κ1) is 39.1. The number of hydrogen-bond donors (Lipinski definition) is 6. The van der Waals surface area contributed by atoms with Crippen LogP contribution in [-0.2, 0) is 28.8 Å². The lowest BCUT2D eigenvalue weighted by Gasteiger charge is -2.33. The third-order valence-corrected chi connectivity index (χ3v) is 9.57. The lowest BCUT2D eigenvalue weighted by atomic mass is 9.95. The van der Waals surface area contributed by atoms with Crippen molar-refractivity contribution < 1.29 is 38.7 Å². The second-order valence-electron chi connectivity index (χ2n) is 14.3. The van der Waals surface area contributed by atoms with E-state index in [1.54, 1.807) is 49.3 Å². The molecule has 3 fully saturated rings. The van der Waals surface area contributed by atoms with Gasteiger partial charge in [0.2, 0.25) is 35.4 Å². The molecule has 3 aliphatic rings. The van der Waals surface area contributed by atoms with Crippen LogP contribution < -0.4 is 26.6 Å². The molecule has 0 bridgehead atoms. The molecular formula is C35H52N8O8. The predicted octanol–water partition coefficient (Wildman–Crippen LogP) is -0.760. The van der Waals surface area contributed by atoms with Crippen molar-refractivity contribution in [1.82, 2.24) is 41.3 Å². The summed E-state index contributed by atoms with van der Waals surface area (Å²) in [7, 11) is 3.33. The third kappa shape index (κ3) is 10.2. The SMILES string of the molecule is CC(C)C[C@@H]1NC(=O)C[C@@H](c2ccccc2)NC(=O)[C@H](C)NC(=O)[C@@H]2C[C@H](NC(=O)C3CCN(C(=O)N(C)C)CC3)CN2C(=O)[C@H](CO)NC1=O.